The number of rotatable bonds is 5. The summed E-state index contributed by atoms with van der Waals surface area (Å²) in [6.45, 7) is -0.00896. The molecule has 0 aromatic heterocycles. The molecule has 1 amide bonds. The smallest absolute Gasteiger partial charge is 0.262 e. The molecule has 1 aliphatic rings. The maximum atomic E-state index is 13.1. The van der Waals surface area contributed by atoms with E-state index in [1.807, 2.05) is 30.3 Å². The van der Waals surface area contributed by atoms with Gasteiger partial charge in [0.15, 0.2) is 0 Å². The van der Waals surface area contributed by atoms with Crippen LogP contribution in [0.5, 0.6) is 5.75 Å². The van der Waals surface area contributed by atoms with E-state index in [0.717, 1.165) is 5.56 Å². The third-order valence-electron chi connectivity index (χ3n) is 3.80. The van der Waals surface area contributed by atoms with Gasteiger partial charge in [0.05, 0.1) is 12.6 Å². The van der Waals surface area contributed by atoms with Crippen molar-refractivity contribution in [2.75, 3.05) is 11.9 Å². The van der Waals surface area contributed by atoms with Crippen molar-refractivity contribution in [3.63, 3.8) is 0 Å². The molecule has 2 aromatic carbocycles. The fourth-order valence-corrected chi connectivity index (χ4v) is 2.51. The summed E-state index contributed by atoms with van der Waals surface area (Å²) in [5.74, 6) is -2.61. The average molecular weight is 332 g/mol. The summed E-state index contributed by atoms with van der Waals surface area (Å²) in [5.41, 5.74) is 1.60. The molecule has 1 fully saturated rings. The lowest BCUT2D eigenvalue weighted by atomic mass is 10.2. The summed E-state index contributed by atoms with van der Waals surface area (Å²) in [7, 11) is 0. The first-order valence-corrected chi connectivity index (χ1v) is 7.71. The van der Waals surface area contributed by atoms with E-state index in [4.69, 9.17) is 4.74 Å². The second-order valence-electron chi connectivity index (χ2n) is 5.78. The second-order valence-corrected chi connectivity index (χ2v) is 5.78. The number of alkyl halides is 2. The Bertz CT molecular complexity index is 690. The molecule has 1 atom stereocenters. The van der Waals surface area contributed by atoms with Crippen LogP contribution in [-0.2, 0) is 11.4 Å². The zero-order valence-electron chi connectivity index (χ0n) is 13.0. The van der Waals surface area contributed by atoms with Crippen molar-refractivity contribution >= 4 is 11.6 Å². The molecule has 1 heterocycles. The molecule has 3 rings (SSSR count). The maximum Gasteiger partial charge on any atom is 0.262 e. The van der Waals surface area contributed by atoms with Gasteiger partial charge in [0.1, 0.15) is 12.4 Å². The molecule has 4 nitrogen and oxygen atoms in total. The molecular weight excluding hydrogens is 314 g/mol. The highest BCUT2D eigenvalue weighted by molar-refractivity contribution is 5.95. The van der Waals surface area contributed by atoms with Crippen molar-refractivity contribution in [3.8, 4) is 5.75 Å². The van der Waals surface area contributed by atoms with E-state index in [0.29, 0.717) is 18.0 Å². The Hall–Kier alpha value is -2.47. The van der Waals surface area contributed by atoms with Crippen LogP contribution >= 0.6 is 0 Å². The van der Waals surface area contributed by atoms with Crippen molar-refractivity contribution in [1.82, 2.24) is 5.32 Å². The first-order valence-electron chi connectivity index (χ1n) is 7.71. The van der Waals surface area contributed by atoms with Crippen LogP contribution in [0.4, 0.5) is 14.5 Å². The van der Waals surface area contributed by atoms with Gasteiger partial charge in [-0.2, -0.15) is 0 Å². The van der Waals surface area contributed by atoms with Gasteiger partial charge in [0.25, 0.3) is 5.92 Å². The zero-order chi connectivity index (χ0) is 17.0. The van der Waals surface area contributed by atoms with E-state index >= 15 is 0 Å². The van der Waals surface area contributed by atoms with Gasteiger partial charge in [-0.15, -0.1) is 0 Å². The Kier molecular flexibility index (Phi) is 4.76. The first-order chi connectivity index (χ1) is 11.5. The Morgan fingerprint density at radius 3 is 2.50 bits per heavy atom. The van der Waals surface area contributed by atoms with Gasteiger partial charge in [-0.1, -0.05) is 30.3 Å². The van der Waals surface area contributed by atoms with E-state index in [9.17, 15) is 13.6 Å². The number of hydrogen-bond acceptors (Lipinski definition) is 3. The van der Waals surface area contributed by atoms with E-state index in [2.05, 4.69) is 10.6 Å². The van der Waals surface area contributed by atoms with Gasteiger partial charge >= 0.3 is 0 Å². The predicted octanol–water partition coefficient (Wildman–Crippen LogP) is 3.20. The summed E-state index contributed by atoms with van der Waals surface area (Å²) in [4.78, 5) is 12.0. The highest BCUT2D eigenvalue weighted by atomic mass is 19.3. The molecule has 0 aliphatic carbocycles. The van der Waals surface area contributed by atoms with E-state index in [1.54, 1.807) is 24.3 Å². The lowest BCUT2D eigenvalue weighted by Crippen LogP contribution is -2.35. The Morgan fingerprint density at radius 1 is 1.17 bits per heavy atom. The molecule has 0 saturated carbocycles. The summed E-state index contributed by atoms with van der Waals surface area (Å²) >= 11 is 0. The van der Waals surface area contributed by atoms with Gasteiger partial charge in [0.2, 0.25) is 5.91 Å². The number of carbonyl (C=O) groups is 1. The molecular formula is C18H18F2N2O2. The standard InChI is InChI=1S/C18H18F2N2O2/c19-18(20)10-16(21-12-18)17(23)22-14-6-8-15(9-7-14)24-11-13-4-2-1-3-5-13/h1-9,16,21H,10-12H2,(H,22,23). The molecule has 24 heavy (non-hydrogen) atoms. The van der Waals surface area contributed by atoms with Gasteiger partial charge in [-0.25, -0.2) is 8.78 Å². The zero-order valence-corrected chi connectivity index (χ0v) is 13.0. The van der Waals surface area contributed by atoms with Crippen LogP contribution in [0, 0.1) is 0 Å². The quantitative estimate of drug-likeness (QED) is 0.884. The van der Waals surface area contributed by atoms with Gasteiger partial charge in [0, 0.05) is 12.1 Å². The number of hydrogen-bond donors (Lipinski definition) is 2. The van der Waals surface area contributed by atoms with Crippen LogP contribution in [0.15, 0.2) is 54.6 Å². The van der Waals surface area contributed by atoms with Crippen molar-refractivity contribution in [2.24, 2.45) is 0 Å². The molecule has 0 spiro atoms. The minimum absolute atomic E-state index is 0.452. The third-order valence-corrected chi connectivity index (χ3v) is 3.80. The van der Waals surface area contributed by atoms with E-state index in [-0.39, 0.29) is 0 Å². The molecule has 2 aromatic rings. The fourth-order valence-electron chi connectivity index (χ4n) is 2.51. The highest BCUT2D eigenvalue weighted by Crippen LogP contribution is 2.26. The SMILES string of the molecule is O=C(Nc1ccc(OCc2ccccc2)cc1)C1CC(F)(F)CN1. The number of nitrogens with one attached hydrogen (secondary N) is 2. The van der Waals surface area contributed by atoms with Crippen LogP contribution in [0.2, 0.25) is 0 Å². The Labute approximate surface area is 138 Å². The largest absolute Gasteiger partial charge is 0.489 e. The molecule has 0 bridgehead atoms. The molecule has 1 unspecified atom stereocenters. The van der Waals surface area contributed by atoms with Crippen molar-refractivity contribution in [2.45, 2.75) is 25.0 Å². The summed E-state index contributed by atoms with van der Waals surface area (Å²) in [6.07, 6.45) is -0.475. The predicted molar refractivity (Wildman–Crippen MR) is 87.2 cm³/mol. The number of benzene rings is 2. The summed E-state index contributed by atoms with van der Waals surface area (Å²) < 4.78 is 31.9. The molecule has 6 heteroatoms. The minimum Gasteiger partial charge on any atom is -0.489 e. The van der Waals surface area contributed by atoms with Crippen LogP contribution in [-0.4, -0.2) is 24.4 Å². The minimum atomic E-state index is -2.82. The molecule has 0 radical (unpaired) electrons. The van der Waals surface area contributed by atoms with Crippen molar-refractivity contribution < 1.29 is 18.3 Å². The number of carbonyl (C=O) groups excluding carboxylic acids is 1. The van der Waals surface area contributed by atoms with Gasteiger partial charge < -0.3 is 10.1 Å². The number of anilines is 1. The van der Waals surface area contributed by atoms with Crippen LogP contribution in [0.25, 0.3) is 0 Å². The monoisotopic (exact) mass is 332 g/mol. The Morgan fingerprint density at radius 2 is 1.88 bits per heavy atom. The molecule has 1 aliphatic heterocycles. The molecule has 2 N–H and O–H groups in total. The van der Waals surface area contributed by atoms with E-state index in [1.165, 1.54) is 0 Å². The number of amides is 1. The molecule has 1 saturated heterocycles. The normalized spacial score (nSPS) is 19.0. The number of ether oxygens (including phenoxy) is 1. The van der Waals surface area contributed by atoms with Crippen molar-refractivity contribution in [1.29, 1.82) is 0 Å². The van der Waals surface area contributed by atoms with Gasteiger partial charge in [-0.05, 0) is 29.8 Å². The van der Waals surface area contributed by atoms with Crippen LogP contribution in [0.1, 0.15) is 12.0 Å². The lowest BCUT2D eigenvalue weighted by molar-refractivity contribution is -0.118. The van der Waals surface area contributed by atoms with Crippen molar-refractivity contribution in [3.05, 3.63) is 60.2 Å². The fraction of sp³-hybridized carbons (Fsp3) is 0.278. The molecule has 126 valence electrons. The summed E-state index contributed by atoms with van der Waals surface area (Å²) in [6, 6.07) is 15.7. The number of halogens is 2. The van der Waals surface area contributed by atoms with Gasteiger partial charge in [-0.3, -0.25) is 10.1 Å². The van der Waals surface area contributed by atoms with Crippen LogP contribution < -0.4 is 15.4 Å². The van der Waals surface area contributed by atoms with Crippen LogP contribution in [0.3, 0.4) is 0 Å². The Balaban J connectivity index is 1.52. The average Bonchev–Trinajstić information content (AvgIpc) is 2.95. The highest BCUT2D eigenvalue weighted by Gasteiger charge is 2.42. The van der Waals surface area contributed by atoms with E-state index < -0.39 is 30.8 Å². The maximum absolute atomic E-state index is 13.1. The summed E-state index contributed by atoms with van der Waals surface area (Å²) in [5, 5.41) is 5.16. The topological polar surface area (TPSA) is 50.4 Å². The lowest BCUT2D eigenvalue weighted by Gasteiger charge is -2.12. The second kappa shape index (κ2) is 6.97. The first kappa shape index (κ1) is 16.4. The third kappa shape index (κ3) is 4.29.